The fourth-order valence-corrected chi connectivity index (χ4v) is 2.34. The highest BCUT2D eigenvalue weighted by molar-refractivity contribution is 5.82. The van der Waals surface area contributed by atoms with E-state index in [2.05, 4.69) is 11.8 Å². The minimum Gasteiger partial charge on any atom is -0.399 e. The van der Waals surface area contributed by atoms with Gasteiger partial charge in [-0.1, -0.05) is 6.07 Å². The van der Waals surface area contributed by atoms with Crippen LogP contribution in [0.15, 0.2) is 24.3 Å². The Kier molecular flexibility index (Phi) is 4.07. The van der Waals surface area contributed by atoms with Crippen LogP contribution in [0.4, 0.5) is 11.4 Å². The molecule has 98 valence electrons. The largest absolute Gasteiger partial charge is 0.399 e. The lowest BCUT2D eigenvalue weighted by Crippen LogP contribution is -2.39. The van der Waals surface area contributed by atoms with Gasteiger partial charge in [0.1, 0.15) is 0 Å². The zero-order valence-corrected chi connectivity index (χ0v) is 10.9. The lowest BCUT2D eigenvalue weighted by atomic mass is 10.2. The van der Waals surface area contributed by atoms with Crippen LogP contribution in [0.5, 0.6) is 0 Å². The number of benzene rings is 1. The van der Waals surface area contributed by atoms with Crippen molar-refractivity contribution < 1.29 is 4.79 Å². The number of rotatable bonds is 4. The first-order chi connectivity index (χ1) is 8.70. The molecule has 1 aliphatic rings. The average molecular weight is 247 g/mol. The van der Waals surface area contributed by atoms with E-state index in [0.717, 1.165) is 43.9 Å². The number of carbonyl (C=O) groups is 1. The van der Waals surface area contributed by atoms with Crippen LogP contribution in [0.2, 0.25) is 0 Å². The summed E-state index contributed by atoms with van der Waals surface area (Å²) in [5.74, 6) is 0.219. The highest BCUT2D eigenvalue weighted by Crippen LogP contribution is 2.18. The van der Waals surface area contributed by atoms with E-state index in [4.69, 9.17) is 5.73 Å². The summed E-state index contributed by atoms with van der Waals surface area (Å²) in [6.45, 7) is 5.13. The maximum Gasteiger partial charge on any atom is 0.242 e. The van der Waals surface area contributed by atoms with Gasteiger partial charge in [0.05, 0.1) is 6.54 Å². The van der Waals surface area contributed by atoms with E-state index in [0.29, 0.717) is 6.54 Å². The predicted octanol–water partition coefficient (Wildman–Crippen LogP) is 1.72. The molecule has 0 aromatic heterocycles. The van der Waals surface area contributed by atoms with Crippen molar-refractivity contribution in [3.8, 4) is 0 Å². The molecule has 1 amide bonds. The van der Waals surface area contributed by atoms with Crippen molar-refractivity contribution in [3.63, 3.8) is 0 Å². The first kappa shape index (κ1) is 12.7. The summed E-state index contributed by atoms with van der Waals surface area (Å²) in [4.78, 5) is 16.1. The molecular weight excluding hydrogens is 226 g/mol. The molecule has 2 rings (SSSR count). The number of likely N-dealkylation sites (N-methyl/N-ethyl adjacent to an activating group) is 1. The second-order valence-electron chi connectivity index (χ2n) is 4.70. The van der Waals surface area contributed by atoms with Gasteiger partial charge in [-0.25, -0.2) is 0 Å². The number of nitrogens with zero attached hydrogens (tertiary/aromatic N) is 2. The van der Waals surface area contributed by atoms with Gasteiger partial charge < -0.3 is 15.5 Å². The van der Waals surface area contributed by atoms with Crippen molar-refractivity contribution in [1.82, 2.24) is 4.90 Å². The van der Waals surface area contributed by atoms with Gasteiger partial charge in [0.2, 0.25) is 5.91 Å². The molecule has 0 unspecified atom stereocenters. The van der Waals surface area contributed by atoms with Gasteiger partial charge in [0.25, 0.3) is 0 Å². The lowest BCUT2D eigenvalue weighted by molar-refractivity contribution is -0.128. The number of amides is 1. The van der Waals surface area contributed by atoms with Gasteiger partial charge in [-0.3, -0.25) is 4.79 Å². The molecule has 1 heterocycles. The summed E-state index contributed by atoms with van der Waals surface area (Å²) in [7, 11) is 0. The third-order valence-corrected chi connectivity index (χ3v) is 3.40. The molecule has 0 radical (unpaired) electrons. The standard InChI is InChI=1S/C14H21N3O/c1-2-16(13-7-5-6-12(15)10-13)11-14(18)17-8-3-4-9-17/h5-7,10H,2-4,8-9,11,15H2,1H3. The van der Waals surface area contributed by atoms with E-state index in [1.165, 1.54) is 0 Å². The van der Waals surface area contributed by atoms with Gasteiger partial charge in [-0.15, -0.1) is 0 Å². The lowest BCUT2D eigenvalue weighted by Gasteiger charge is -2.25. The smallest absolute Gasteiger partial charge is 0.242 e. The first-order valence-electron chi connectivity index (χ1n) is 6.59. The molecule has 0 spiro atoms. The van der Waals surface area contributed by atoms with E-state index < -0.39 is 0 Å². The molecule has 1 saturated heterocycles. The van der Waals surface area contributed by atoms with E-state index in [1.54, 1.807) is 0 Å². The molecular formula is C14H21N3O. The van der Waals surface area contributed by atoms with Gasteiger partial charge >= 0.3 is 0 Å². The monoisotopic (exact) mass is 247 g/mol. The van der Waals surface area contributed by atoms with Crippen LogP contribution in [-0.2, 0) is 4.79 Å². The number of nitrogens with two attached hydrogens (primary N) is 1. The molecule has 0 aliphatic carbocycles. The summed E-state index contributed by atoms with van der Waals surface area (Å²) in [5, 5.41) is 0. The van der Waals surface area contributed by atoms with Crippen molar-refractivity contribution in [3.05, 3.63) is 24.3 Å². The van der Waals surface area contributed by atoms with Crippen molar-refractivity contribution in [2.45, 2.75) is 19.8 Å². The van der Waals surface area contributed by atoms with Crippen LogP contribution >= 0.6 is 0 Å². The topological polar surface area (TPSA) is 49.6 Å². The zero-order chi connectivity index (χ0) is 13.0. The Bertz CT molecular complexity index is 413. The van der Waals surface area contributed by atoms with Crippen LogP contribution < -0.4 is 10.6 Å². The van der Waals surface area contributed by atoms with Gasteiger partial charge in [-0.05, 0) is 38.0 Å². The molecule has 18 heavy (non-hydrogen) atoms. The summed E-state index contributed by atoms with van der Waals surface area (Å²) < 4.78 is 0. The second-order valence-corrected chi connectivity index (χ2v) is 4.70. The fraction of sp³-hybridized carbons (Fsp3) is 0.500. The fourth-order valence-electron chi connectivity index (χ4n) is 2.34. The van der Waals surface area contributed by atoms with Crippen LogP contribution in [0, 0.1) is 0 Å². The zero-order valence-electron chi connectivity index (χ0n) is 10.9. The molecule has 1 aromatic carbocycles. The van der Waals surface area contributed by atoms with Crippen LogP contribution in [0.25, 0.3) is 0 Å². The van der Waals surface area contributed by atoms with Crippen molar-refractivity contribution in [2.24, 2.45) is 0 Å². The highest BCUT2D eigenvalue weighted by atomic mass is 16.2. The summed E-state index contributed by atoms with van der Waals surface area (Å²) in [6.07, 6.45) is 2.27. The van der Waals surface area contributed by atoms with Crippen LogP contribution in [0.1, 0.15) is 19.8 Å². The normalized spacial score (nSPS) is 14.8. The molecule has 4 heteroatoms. The predicted molar refractivity (Wildman–Crippen MR) is 74.6 cm³/mol. The molecule has 1 aromatic rings. The maximum atomic E-state index is 12.1. The summed E-state index contributed by atoms with van der Waals surface area (Å²) >= 11 is 0. The third kappa shape index (κ3) is 2.94. The van der Waals surface area contributed by atoms with E-state index >= 15 is 0 Å². The number of hydrogen-bond donors (Lipinski definition) is 1. The Morgan fingerprint density at radius 2 is 2.11 bits per heavy atom. The Morgan fingerprint density at radius 1 is 1.39 bits per heavy atom. The number of carbonyl (C=O) groups excluding carboxylic acids is 1. The van der Waals surface area contributed by atoms with Crippen molar-refractivity contribution in [1.29, 1.82) is 0 Å². The minimum absolute atomic E-state index is 0.219. The molecule has 4 nitrogen and oxygen atoms in total. The Balaban J connectivity index is 2.02. The molecule has 0 saturated carbocycles. The Labute approximate surface area is 108 Å². The summed E-state index contributed by atoms with van der Waals surface area (Å²) in [5.41, 5.74) is 7.54. The molecule has 1 aliphatic heterocycles. The van der Waals surface area contributed by atoms with E-state index in [-0.39, 0.29) is 5.91 Å². The Hall–Kier alpha value is -1.71. The third-order valence-electron chi connectivity index (χ3n) is 3.40. The van der Waals surface area contributed by atoms with Gasteiger partial charge in [0, 0.05) is 31.0 Å². The number of anilines is 2. The number of nitrogen functional groups attached to an aromatic ring is 1. The van der Waals surface area contributed by atoms with Gasteiger partial charge in [-0.2, -0.15) is 0 Å². The second kappa shape index (κ2) is 5.76. The maximum absolute atomic E-state index is 12.1. The van der Waals surface area contributed by atoms with Crippen molar-refractivity contribution >= 4 is 17.3 Å². The van der Waals surface area contributed by atoms with Crippen LogP contribution in [-0.4, -0.2) is 37.0 Å². The summed E-state index contributed by atoms with van der Waals surface area (Å²) in [6, 6.07) is 7.70. The molecule has 2 N–H and O–H groups in total. The Morgan fingerprint density at radius 3 is 2.72 bits per heavy atom. The van der Waals surface area contributed by atoms with Crippen molar-refractivity contribution in [2.75, 3.05) is 36.8 Å². The quantitative estimate of drug-likeness (QED) is 0.824. The number of likely N-dealkylation sites (tertiary alicyclic amines) is 1. The molecule has 1 fully saturated rings. The molecule has 0 atom stereocenters. The highest BCUT2D eigenvalue weighted by Gasteiger charge is 2.20. The average Bonchev–Trinajstić information content (AvgIpc) is 2.89. The molecule has 0 bridgehead atoms. The minimum atomic E-state index is 0.219. The SMILES string of the molecule is CCN(CC(=O)N1CCCC1)c1cccc(N)c1. The van der Waals surface area contributed by atoms with E-state index in [9.17, 15) is 4.79 Å². The van der Waals surface area contributed by atoms with Gasteiger partial charge in [0.15, 0.2) is 0 Å². The first-order valence-corrected chi connectivity index (χ1v) is 6.59. The van der Waals surface area contributed by atoms with Crippen LogP contribution in [0.3, 0.4) is 0 Å². The number of hydrogen-bond acceptors (Lipinski definition) is 3. The van der Waals surface area contributed by atoms with E-state index in [1.807, 2.05) is 29.2 Å².